The van der Waals surface area contributed by atoms with Gasteiger partial charge in [0.2, 0.25) is 5.91 Å². The topological polar surface area (TPSA) is 84.6 Å². The molecule has 0 aliphatic rings. The molecule has 0 spiro atoms. The van der Waals surface area contributed by atoms with Crippen molar-refractivity contribution in [2.24, 2.45) is 5.73 Å². The Hall–Kier alpha value is -1.30. The van der Waals surface area contributed by atoms with Crippen molar-refractivity contribution >= 4 is 18.3 Å². The number of ether oxygens (including phenoxy) is 1. The molecule has 1 rings (SSSR count). The standard InChI is InChI=1S/C16H26N2O3.ClH/c1-21-15-9-6-5-8-13(15)14(19)12-18-16(20)10-4-2-3-7-11-17;/h5-6,8-9,14,19H,2-4,7,10-12,17H2,1H3,(H,18,20);1H. The van der Waals surface area contributed by atoms with Crippen molar-refractivity contribution in [3.05, 3.63) is 29.8 Å². The molecule has 6 heteroatoms. The van der Waals surface area contributed by atoms with Gasteiger partial charge in [0.15, 0.2) is 0 Å². The van der Waals surface area contributed by atoms with Gasteiger partial charge in [-0.15, -0.1) is 12.4 Å². The van der Waals surface area contributed by atoms with Gasteiger partial charge in [-0.1, -0.05) is 31.0 Å². The number of aliphatic hydroxyl groups is 1. The van der Waals surface area contributed by atoms with Crippen molar-refractivity contribution in [3.8, 4) is 5.75 Å². The van der Waals surface area contributed by atoms with Gasteiger partial charge >= 0.3 is 0 Å². The van der Waals surface area contributed by atoms with E-state index in [1.54, 1.807) is 19.2 Å². The van der Waals surface area contributed by atoms with Gasteiger partial charge in [-0.05, 0) is 25.5 Å². The second kappa shape index (κ2) is 12.3. The Morgan fingerprint density at radius 1 is 1.27 bits per heavy atom. The Morgan fingerprint density at radius 2 is 1.95 bits per heavy atom. The average molecular weight is 331 g/mol. The Morgan fingerprint density at radius 3 is 2.64 bits per heavy atom. The van der Waals surface area contributed by atoms with Gasteiger partial charge in [0.05, 0.1) is 13.2 Å². The van der Waals surface area contributed by atoms with Crippen molar-refractivity contribution in [2.45, 2.75) is 38.2 Å². The summed E-state index contributed by atoms with van der Waals surface area (Å²) in [5.41, 5.74) is 6.10. The molecule has 0 aliphatic heterocycles. The molecule has 0 heterocycles. The van der Waals surface area contributed by atoms with E-state index < -0.39 is 6.10 Å². The van der Waals surface area contributed by atoms with E-state index in [4.69, 9.17) is 10.5 Å². The van der Waals surface area contributed by atoms with Crippen molar-refractivity contribution < 1.29 is 14.6 Å². The Labute approximate surface area is 138 Å². The summed E-state index contributed by atoms with van der Waals surface area (Å²) < 4.78 is 5.19. The van der Waals surface area contributed by atoms with Crippen LogP contribution in [0.3, 0.4) is 0 Å². The lowest BCUT2D eigenvalue weighted by Gasteiger charge is -2.15. The highest BCUT2D eigenvalue weighted by atomic mass is 35.5. The summed E-state index contributed by atoms with van der Waals surface area (Å²) >= 11 is 0. The number of rotatable bonds is 10. The molecule has 0 saturated carbocycles. The first kappa shape index (κ1) is 20.7. The van der Waals surface area contributed by atoms with E-state index >= 15 is 0 Å². The van der Waals surface area contributed by atoms with E-state index in [9.17, 15) is 9.90 Å². The Bertz CT molecular complexity index is 430. The number of nitrogens with two attached hydrogens (primary N) is 1. The van der Waals surface area contributed by atoms with Crippen LogP contribution in [0.25, 0.3) is 0 Å². The zero-order chi connectivity index (χ0) is 15.5. The Balaban J connectivity index is 0.00000441. The maximum Gasteiger partial charge on any atom is 0.220 e. The number of carbonyl (C=O) groups excluding carboxylic acids is 1. The quantitative estimate of drug-likeness (QED) is 0.574. The lowest BCUT2D eigenvalue weighted by Crippen LogP contribution is -2.28. The molecule has 0 aromatic heterocycles. The highest BCUT2D eigenvalue weighted by molar-refractivity contribution is 5.85. The molecule has 1 unspecified atom stereocenters. The van der Waals surface area contributed by atoms with Gasteiger partial charge in [-0.2, -0.15) is 0 Å². The van der Waals surface area contributed by atoms with Gasteiger partial charge < -0.3 is 20.9 Å². The molecule has 0 radical (unpaired) electrons. The molecule has 126 valence electrons. The van der Waals surface area contributed by atoms with E-state index in [1.807, 2.05) is 12.1 Å². The van der Waals surface area contributed by atoms with Crippen molar-refractivity contribution in [1.29, 1.82) is 0 Å². The van der Waals surface area contributed by atoms with E-state index in [1.165, 1.54) is 0 Å². The molecule has 4 N–H and O–H groups in total. The average Bonchev–Trinajstić information content (AvgIpc) is 2.52. The Kier molecular flexibility index (Phi) is 11.5. The predicted molar refractivity (Wildman–Crippen MR) is 90.4 cm³/mol. The maximum atomic E-state index is 11.7. The summed E-state index contributed by atoms with van der Waals surface area (Å²) in [6.45, 7) is 0.902. The lowest BCUT2D eigenvalue weighted by atomic mass is 10.1. The minimum absolute atomic E-state index is 0. The molecular formula is C16H27ClN2O3. The SMILES string of the molecule is COc1ccccc1C(O)CNC(=O)CCCCCCN.Cl. The fourth-order valence-corrected chi connectivity index (χ4v) is 2.13. The number of carbonyl (C=O) groups is 1. The summed E-state index contributed by atoms with van der Waals surface area (Å²) in [6, 6.07) is 7.26. The molecule has 1 aromatic rings. The van der Waals surface area contributed by atoms with Crippen LogP contribution in [0, 0.1) is 0 Å². The zero-order valence-corrected chi connectivity index (χ0v) is 13.9. The maximum absolute atomic E-state index is 11.7. The number of amides is 1. The molecule has 0 bridgehead atoms. The van der Waals surface area contributed by atoms with Crippen LogP contribution in [0.4, 0.5) is 0 Å². The monoisotopic (exact) mass is 330 g/mol. The molecule has 1 aromatic carbocycles. The number of benzene rings is 1. The van der Waals surface area contributed by atoms with Gasteiger partial charge in [-0.3, -0.25) is 4.79 Å². The van der Waals surface area contributed by atoms with Crippen LogP contribution in [0.2, 0.25) is 0 Å². The second-order valence-corrected chi connectivity index (χ2v) is 5.01. The highest BCUT2D eigenvalue weighted by Crippen LogP contribution is 2.23. The summed E-state index contributed by atoms with van der Waals surface area (Å²) in [5, 5.41) is 12.9. The number of para-hydroxylation sites is 1. The third-order valence-electron chi connectivity index (χ3n) is 3.35. The lowest BCUT2D eigenvalue weighted by molar-refractivity contribution is -0.121. The summed E-state index contributed by atoms with van der Waals surface area (Å²) in [6.07, 6.45) is 3.67. The summed E-state index contributed by atoms with van der Waals surface area (Å²) in [7, 11) is 1.56. The molecule has 1 amide bonds. The first-order valence-electron chi connectivity index (χ1n) is 7.46. The van der Waals surface area contributed by atoms with Crippen LogP contribution in [0.1, 0.15) is 43.8 Å². The number of nitrogens with one attached hydrogen (secondary N) is 1. The van der Waals surface area contributed by atoms with Crippen LogP contribution in [0.5, 0.6) is 5.75 Å². The van der Waals surface area contributed by atoms with Crippen molar-refractivity contribution in [3.63, 3.8) is 0 Å². The minimum atomic E-state index is -0.762. The van der Waals surface area contributed by atoms with Gasteiger partial charge in [0, 0.05) is 18.5 Å². The van der Waals surface area contributed by atoms with Crippen molar-refractivity contribution in [2.75, 3.05) is 20.2 Å². The number of hydrogen-bond acceptors (Lipinski definition) is 4. The molecule has 22 heavy (non-hydrogen) atoms. The van der Waals surface area contributed by atoms with E-state index in [2.05, 4.69) is 5.32 Å². The van der Waals surface area contributed by atoms with Gasteiger partial charge in [-0.25, -0.2) is 0 Å². The normalized spacial score (nSPS) is 11.4. The predicted octanol–water partition coefficient (Wildman–Crippen LogP) is 2.18. The largest absolute Gasteiger partial charge is 0.496 e. The number of unbranched alkanes of at least 4 members (excludes halogenated alkanes) is 3. The third kappa shape index (κ3) is 7.64. The second-order valence-electron chi connectivity index (χ2n) is 5.01. The number of hydrogen-bond donors (Lipinski definition) is 3. The number of halogens is 1. The van der Waals surface area contributed by atoms with Crippen molar-refractivity contribution in [1.82, 2.24) is 5.32 Å². The van der Waals surface area contributed by atoms with Crippen LogP contribution in [-0.4, -0.2) is 31.2 Å². The molecular weight excluding hydrogens is 304 g/mol. The smallest absolute Gasteiger partial charge is 0.220 e. The zero-order valence-electron chi connectivity index (χ0n) is 13.1. The third-order valence-corrected chi connectivity index (χ3v) is 3.35. The summed E-state index contributed by atoms with van der Waals surface area (Å²) in [4.78, 5) is 11.7. The molecule has 0 aliphatic carbocycles. The molecule has 0 fully saturated rings. The number of methoxy groups -OCH3 is 1. The summed E-state index contributed by atoms with van der Waals surface area (Å²) in [5.74, 6) is 0.595. The number of aliphatic hydroxyl groups excluding tert-OH is 1. The molecule has 1 atom stereocenters. The van der Waals surface area contributed by atoms with Gasteiger partial charge in [0.25, 0.3) is 0 Å². The first-order chi connectivity index (χ1) is 10.2. The van der Waals surface area contributed by atoms with E-state index in [0.717, 1.165) is 25.7 Å². The van der Waals surface area contributed by atoms with E-state index in [-0.39, 0.29) is 24.9 Å². The first-order valence-corrected chi connectivity index (χ1v) is 7.46. The fourth-order valence-electron chi connectivity index (χ4n) is 2.13. The van der Waals surface area contributed by atoms with Crippen LogP contribution >= 0.6 is 12.4 Å². The van der Waals surface area contributed by atoms with Gasteiger partial charge in [0.1, 0.15) is 5.75 Å². The highest BCUT2D eigenvalue weighted by Gasteiger charge is 2.13. The van der Waals surface area contributed by atoms with E-state index in [0.29, 0.717) is 24.3 Å². The fraction of sp³-hybridized carbons (Fsp3) is 0.562. The van der Waals surface area contributed by atoms with Crippen LogP contribution < -0.4 is 15.8 Å². The van der Waals surface area contributed by atoms with Crippen LogP contribution in [0.15, 0.2) is 24.3 Å². The minimum Gasteiger partial charge on any atom is -0.496 e. The van der Waals surface area contributed by atoms with Crippen LogP contribution in [-0.2, 0) is 4.79 Å². The molecule has 5 nitrogen and oxygen atoms in total. The molecule has 0 saturated heterocycles.